The number of carbonyl (C=O) groups is 2. The summed E-state index contributed by atoms with van der Waals surface area (Å²) >= 11 is 0. The van der Waals surface area contributed by atoms with Gasteiger partial charge in [-0.1, -0.05) is 0 Å². The maximum atomic E-state index is 13.4. The summed E-state index contributed by atoms with van der Waals surface area (Å²) in [5.74, 6) is -1.32. The quantitative estimate of drug-likeness (QED) is 0.460. The Hall–Kier alpha value is -4.33. The lowest BCUT2D eigenvalue weighted by molar-refractivity contribution is -0.138. The minimum Gasteiger partial charge on any atom is -0.497 e. The van der Waals surface area contributed by atoms with Gasteiger partial charge < -0.3 is 24.8 Å². The van der Waals surface area contributed by atoms with E-state index in [4.69, 9.17) is 14.2 Å². The molecular formula is C23H21F3N6O5. The SMILES string of the molecule is COc1ccc(Oc2cnc(CNC(=O)C3(NC(=O)c4cncnc4)CCOC3)nc2)c(C(F)(F)F)c1. The Morgan fingerprint density at radius 3 is 2.46 bits per heavy atom. The van der Waals surface area contributed by atoms with Crippen LogP contribution in [0.2, 0.25) is 0 Å². The van der Waals surface area contributed by atoms with Gasteiger partial charge >= 0.3 is 6.18 Å². The second-order valence-electron chi connectivity index (χ2n) is 7.95. The first-order chi connectivity index (χ1) is 17.7. The zero-order valence-corrected chi connectivity index (χ0v) is 19.4. The topological polar surface area (TPSA) is 137 Å². The average molecular weight is 518 g/mol. The second kappa shape index (κ2) is 10.7. The molecule has 194 valence electrons. The minimum atomic E-state index is -4.67. The van der Waals surface area contributed by atoms with Gasteiger partial charge in [-0.25, -0.2) is 19.9 Å². The number of hydrogen-bond acceptors (Lipinski definition) is 9. The molecule has 0 aliphatic carbocycles. The lowest BCUT2D eigenvalue weighted by atomic mass is 9.96. The lowest BCUT2D eigenvalue weighted by Gasteiger charge is -2.27. The number of alkyl halides is 3. The van der Waals surface area contributed by atoms with Crippen molar-refractivity contribution >= 4 is 11.8 Å². The highest BCUT2D eigenvalue weighted by molar-refractivity contribution is 5.99. The standard InChI is InChI=1S/C23H21F3N6O5/c1-35-15-2-3-18(17(6-15)23(24,25)26)37-16-9-29-19(30-10-16)11-31-21(34)22(4-5-36-12-22)32-20(33)14-7-27-13-28-8-14/h2-3,6-10,13H,4-5,11-12H2,1H3,(H,31,34)(H,32,33). The van der Waals surface area contributed by atoms with Crippen LogP contribution in [0.5, 0.6) is 17.2 Å². The van der Waals surface area contributed by atoms with E-state index in [1.165, 1.54) is 44.3 Å². The molecule has 1 unspecified atom stereocenters. The Balaban J connectivity index is 1.40. The monoisotopic (exact) mass is 518 g/mol. The fourth-order valence-electron chi connectivity index (χ4n) is 3.49. The molecule has 1 atom stereocenters. The van der Waals surface area contributed by atoms with Gasteiger partial charge in [0.15, 0.2) is 5.75 Å². The van der Waals surface area contributed by atoms with Gasteiger partial charge in [0.2, 0.25) is 5.91 Å². The highest BCUT2D eigenvalue weighted by Crippen LogP contribution is 2.40. The molecule has 1 aliphatic rings. The smallest absolute Gasteiger partial charge is 0.420 e. The molecule has 0 bridgehead atoms. The van der Waals surface area contributed by atoms with E-state index in [-0.39, 0.29) is 49.1 Å². The number of methoxy groups -OCH3 is 1. The first-order valence-electron chi connectivity index (χ1n) is 10.9. The third-order valence-electron chi connectivity index (χ3n) is 5.44. The van der Waals surface area contributed by atoms with Crippen LogP contribution in [0.4, 0.5) is 13.2 Å². The van der Waals surface area contributed by atoms with Gasteiger partial charge in [0.05, 0.1) is 38.2 Å². The average Bonchev–Trinajstić information content (AvgIpc) is 3.38. The van der Waals surface area contributed by atoms with E-state index in [1.54, 1.807) is 0 Å². The number of amides is 2. The van der Waals surface area contributed by atoms with Crippen LogP contribution in [-0.4, -0.2) is 57.6 Å². The van der Waals surface area contributed by atoms with Crippen molar-refractivity contribution in [1.29, 1.82) is 0 Å². The third kappa shape index (κ3) is 6.09. The van der Waals surface area contributed by atoms with Gasteiger partial charge in [-0.3, -0.25) is 9.59 Å². The zero-order chi connectivity index (χ0) is 26.5. The molecule has 1 aliphatic heterocycles. The fraction of sp³-hybridized carbons (Fsp3) is 0.304. The van der Waals surface area contributed by atoms with Gasteiger partial charge in [0, 0.05) is 25.4 Å². The van der Waals surface area contributed by atoms with Crippen molar-refractivity contribution in [3.63, 3.8) is 0 Å². The van der Waals surface area contributed by atoms with Gasteiger partial charge in [-0.15, -0.1) is 0 Å². The van der Waals surface area contributed by atoms with Crippen LogP contribution in [0.1, 0.15) is 28.2 Å². The summed E-state index contributed by atoms with van der Waals surface area (Å²) in [6.45, 7) is 0.129. The van der Waals surface area contributed by atoms with Crippen LogP contribution in [0.25, 0.3) is 0 Å². The number of rotatable bonds is 8. The summed E-state index contributed by atoms with van der Waals surface area (Å²) < 4.78 is 55.7. The Bertz CT molecular complexity index is 1250. The van der Waals surface area contributed by atoms with Crippen molar-refractivity contribution in [1.82, 2.24) is 30.6 Å². The number of ether oxygens (including phenoxy) is 3. The number of halogens is 3. The van der Waals surface area contributed by atoms with Crippen LogP contribution in [0.15, 0.2) is 49.3 Å². The van der Waals surface area contributed by atoms with Crippen molar-refractivity contribution in [3.05, 3.63) is 66.3 Å². The predicted octanol–water partition coefficient (Wildman–Crippen LogP) is 2.29. The van der Waals surface area contributed by atoms with Crippen molar-refractivity contribution in [3.8, 4) is 17.2 Å². The van der Waals surface area contributed by atoms with E-state index in [9.17, 15) is 22.8 Å². The van der Waals surface area contributed by atoms with Crippen molar-refractivity contribution < 1.29 is 37.0 Å². The number of aromatic nitrogens is 4. The van der Waals surface area contributed by atoms with Crippen molar-refractivity contribution in [2.75, 3.05) is 20.3 Å². The molecule has 3 heterocycles. The minimum absolute atomic E-state index is 0.0285. The summed E-state index contributed by atoms with van der Waals surface area (Å²) in [6, 6.07) is 3.29. The number of nitrogens with zero attached hydrogens (tertiary/aromatic N) is 4. The van der Waals surface area contributed by atoms with E-state index in [0.717, 1.165) is 12.1 Å². The largest absolute Gasteiger partial charge is 0.497 e. The van der Waals surface area contributed by atoms with E-state index in [1.807, 2.05) is 0 Å². The molecule has 0 spiro atoms. The molecular weight excluding hydrogens is 497 g/mol. The molecule has 2 aromatic heterocycles. The molecule has 2 amide bonds. The van der Waals surface area contributed by atoms with Gasteiger partial charge in [-0.05, 0) is 18.2 Å². The maximum Gasteiger partial charge on any atom is 0.420 e. The molecule has 37 heavy (non-hydrogen) atoms. The molecule has 14 heteroatoms. The first-order valence-corrected chi connectivity index (χ1v) is 10.9. The van der Waals surface area contributed by atoms with E-state index < -0.39 is 34.8 Å². The Labute approximate surface area is 208 Å². The Morgan fingerprint density at radius 2 is 1.84 bits per heavy atom. The third-order valence-corrected chi connectivity index (χ3v) is 5.44. The number of benzene rings is 1. The molecule has 1 aromatic carbocycles. The lowest BCUT2D eigenvalue weighted by Crippen LogP contribution is -2.59. The summed E-state index contributed by atoms with van der Waals surface area (Å²) in [5.41, 5.74) is -2.14. The van der Waals surface area contributed by atoms with Gasteiger partial charge in [-0.2, -0.15) is 13.2 Å². The van der Waals surface area contributed by atoms with Crippen LogP contribution in [0, 0.1) is 0 Å². The van der Waals surface area contributed by atoms with Gasteiger partial charge in [0.25, 0.3) is 5.91 Å². The van der Waals surface area contributed by atoms with E-state index >= 15 is 0 Å². The van der Waals surface area contributed by atoms with E-state index in [0.29, 0.717) is 0 Å². The summed E-state index contributed by atoms with van der Waals surface area (Å²) in [7, 11) is 1.26. The highest BCUT2D eigenvalue weighted by atomic mass is 19.4. The normalized spacial score (nSPS) is 17.2. The number of hydrogen-bond donors (Lipinski definition) is 2. The summed E-state index contributed by atoms with van der Waals surface area (Å²) in [5, 5.41) is 5.35. The fourth-order valence-corrected chi connectivity index (χ4v) is 3.49. The van der Waals surface area contributed by atoms with Crippen LogP contribution < -0.4 is 20.1 Å². The molecule has 3 aromatic rings. The zero-order valence-electron chi connectivity index (χ0n) is 19.4. The van der Waals surface area contributed by atoms with Crippen molar-refractivity contribution in [2.45, 2.75) is 24.7 Å². The maximum absolute atomic E-state index is 13.4. The molecule has 0 saturated carbocycles. The highest BCUT2D eigenvalue weighted by Gasteiger charge is 2.44. The van der Waals surface area contributed by atoms with Crippen LogP contribution in [-0.2, 0) is 22.3 Å². The number of carbonyl (C=O) groups excluding carboxylic acids is 2. The molecule has 4 rings (SSSR count). The molecule has 1 saturated heterocycles. The Kier molecular flexibility index (Phi) is 7.47. The van der Waals surface area contributed by atoms with Crippen LogP contribution >= 0.6 is 0 Å². The first kappa shape index (κ1) is 25.8. The van der Waals surface area contributed by atoms with Crippen LogP contribution in [0.3, 0.4) is 0 Å². The predicted molar refractivity (Wildman–Crippen MR) is 120 cm³/mol. The number of nitrogens with one attached hydrogen (secondary N) is 2. The van der Waals surface area contributed by atoms with Crippen molar-refractivity contribution in [2.24, 2.45) is 0 Å². The van der Waals surface area contributed by atoms with E-state index in [2.05, 4.69) is 30.6 Å². The van der Waals surface area contributed by atoms with Gasteiger partial charge in [0.1, 0.15) is 34.8 Å². The molecule has 11 nitrogen and oxygen atoms in total. The molecule has 0 radical (unpaired) electrons. The molecule has 1 fully saturated rings. The summed E-state index contributed by atoms with van der Waals surface area (Å²) in [6.07, 6.45) is 1.87. The second-order valence-corrected chi connectivity index (χ2v) is 7.95. The Morgan fingerprint density at radius 1 is 1.11 bits per heavy atom. The molecule has 2 N–H and O–H groups in total. The summed E-state index contributed by atoms with van der Waals surface area (Å²) in [4.78, 5) is 41.2.